The Morgan fingerprint density at radius 3 is 2.58 bits per heavy atom. The fraction of sp³-hybridized carbons (Fsp3) is 0. The number of benzene rings is 3. The van der Waals surface area contributed by atoms with Crippen LogP contribution >= 0.6 is 11.6 Å². The van der Waals surface area contributed by atoms with Gasteiger partial charge in [0.15, 0.2) is 5.58 Å². The van der Waals surface area contributed by atoms with Crippen molar-refractivity contribution in [3.05, 3.63) is 65.7 Å². The van der Waals surface area contributed by atoms with Gasteiger partial charge in [-0.25, -0.2) is 13.1 Å². The van der Waals surface area contributed by atoms with Crippen molar-refractivity contribution in [2.45, 2.75) is 4.90 Å². The number of sulfonamides is 1. The van der Waals surface area contributed by atoms with E-state index in [1.54, 1.807) is 36.4 Å². The van der Waals surface area contributed by atoms with Crippen molar-refractivity contribution in [1.29, 1.82) is 0 Å². The van der Waals surface area contributed by atoms with E-state index in [2.05, 4.69) is 9.71 Å². The van der Waals surface area contributed by atoms with Gasteiger partial charge in [0.05, 0.1) is 4.90 Å². The second kappa shape index (κ2) is 5.51. The van der Waals surface area contributed by atoms with Gasteiger partial charge in [-0.15, -0.1) is 0 Å². The van der Waals surface area contributed by atoms with Gasteiger partial charge in [0.1, 0.15) is 5.52 Å². The highest BCUT2D eigenvalue weighted by Crippen LogP contribution is 2.25. The number of nitrogens with zero attached hydrogens (tertiary/aromatic N) is 1. The first-order chi connectivity index (χ1) is 11.5. The number of oxazole rings is 1. The summed E-state index contributed by atoms with van der Waals surface area (Å²) in [6.07, 6.45) is 0. The van der Waals surface area contributed by atoms with Gasteiger partial charge < -0.3 is 4.42 Å². The molecule has 0 saturated carbocycles. The van der Waals surface area contributed by atoms with Gasteiger partial charge in [-0.3, -0.25) is 0 Å². The van der Waals surface area contributed by atoms with Crippen LogP contribution in [0.1, 0.15) is 0 Å². The summed E-state index contributed by atoms with van der Waals surface area (Å²) in [5.41, 5.74) is 0.939. The van der Waals surface area contributed by atoms with Crippen LogP contribution in [0.5, 0.6) is 0 Å². The van der Waals surface area contributed by atoms with Crippen LogP contribution < -0.4 is 4.72 Å². The Bertz CT molecular complexity index is 1170. The SMILES string of the molecule is O=S(=O)(Nc1nc2cc(Cl)ccc2o1)c1ccc2ccccc2c1. The van der Waals surface area contributed by atoms with Gasteiger partial charge in [-0.1, -0.05) is 41.9 Å². The van der Waals surface area contributed by atoms with E-state index in [1.165, 1.54) is 0 Å². The maximum absolute atomic E-state index is 12.6. The Kier molecular flexibility index (Phi) is 3.44. The lowest BCUT2D eigenvalue weighted by atomic mass is 10.1. The predicted molar refractivity (Wildman–Crippen MR) is 93.8 cm³/mol. The zero-order chi connectivity index (χ0) is 16.7. The third kappa shape index (κ3) is 2.70. The Morgan fingerprint density at radius 1 is 0.958 bits per heavy atom. The Hall–Kier alpha value is -2.57. The minimum absolute atomic E-state index is 0.0968. The lowest BCUT2D eigenvalue weighted by molar-refractivity contribution is 0.591. The third-order valence-electron chi connectivity index (χ3n) is 3.60. The zero-order valence-electron chi connectivity index (χ0n) is 12.2. The molecule has 0 spiro atoms. The fourth-order valence-electron chi connectivity index (χ4n) is 2.45. The van der Waals surface area contributed by atoms with Crippen molar-refractivity contribution in [3.8, 4) is 0 Å². The van der Waals surface area contributed by atoms with Crippen LogP contribution in [-0.4, -0.2) is 13.4 Å². The smallest absolute Gasteiger partial charge is 0.309 e. The summed E-state index contributed by atoms with van der Waals surface area (Å²) in [5, 5.41) is 2.30. The van der Waals surface area contributed by atoms with E-state index < -0.39 is 10.0 Å². The van der Waals surface area contributed by atoms with Gasteiger partial charge in [0, 0.05) is 5.02 Å². The number of rotatable bonds is 3. The molecule has 0 aliphatic heterocycles. The zero-order valence-corrected chi connectivity index (χ0v) is 13.8. The number of aromatic nitrogens is 1. The van der Waals surface area contributed by atoms with E-state index in [9.17, 15) is 8.42 Å². The fourth-order valence-corrected chi connectivity index (χ4v) is 3.58. The maximum Gasteiger partial charge on any atom is 0.309 e. The number of nitrogens with one attached hydrogen (secondary N) is 1. The minimum atomic E-state index is -3.80. The molecule has 120 valence electrons. The van der Waals surface area contributed by atoms with Crippen molar-refractivity contribution >= 4 is 49.5 Å². The summed E-state index contributed by atoms with van der Waals surface area (Å²) in [4.78, 5) is 4.25. The summed E-state index contributed by atoms with van der Waals surface area (Å²) in [6, 6.07) is 17.2. The van der Waals surface area contributed by atoms with Crippen molar-refractivity contribution in [3.63, 3.8) is 0 Å². The van der Waals surface area contributed by atoms with Crippen molar-refractivity contribution in [1.82, 2.24) is 4.98 Å². The monoisotopic (exact) mass is 358 g/mol. The molecule has 0 fully saturated rings. The summed E-state index contributed by atoms with van der Waals surface area (Å²) >= 11 is 5.89. The van der Waals surface area contributed by atoms with Crippen LogP contribution in [0.2, 0.25) is 5.02 Å². The van der Waals surface area contributed by atoms with Crippen LogP contribution in [0.3, 0.4) is 0 Å². The molecule has 1 heterocycles. The molecule has 0 amide bonds. The molecule has 0 bridgehead atoms. The van der Waals surface area contributed by atoms with E-state index in [4.69, 9.17) is 16.0 Å². The number of anilines is 1. The average Bonchev–Trinajstić information content (AvgIpc) is 2.94. The quantitative estimate of drug-likeness (QED) is 0.587. The molecule has 5 nitrogen and oxygen atoms in total. The molecule has 0 saturated heterocycles. The second-order valence-electron chi connectivity index (χ2n) is 5.25. The number of fused-ring (bicyclic) bond motifs is 2. The Labute approximate surface area is 142 Å². The molecule has 0 radical (unpaired) electrons. The third-order valence-corrected chi connectivity index (χ3v) is 5.16. The molecule has 0 unspecified atom stereocenters. The van der Waals surface area contributed by atoms with E-state index in [1.807, 2.05) is 24.3 Å². The van der Waals surface area contributed by atoms with Gasteiger partial charge in [-0.2, -0.15) is 4.98 Å². The molecule has 4 aromatic rings. The molecule has 0 aliphatic rings. The van der Waals surface area contributed by atoms with E-state index in [0.717, 1.165) is 10.8 Å². The summed E-state index contributed by atoms with van der Waals surface area (Å²) in [5.74, 6) is 0. The first-order valence-electron chi connectivity index (χ1n) is 7.09. The average molecular weight is 359 g/mol. The highest BCUT2D eigenvalue weighted by molar-refractivity contribution is 7.92. The largest absolute Gasteiger partial charge is 0.423 e. The number of hydrogen-bond acceptors (Lipinski definition) is 4. The van der Waals surface area contributed by atoms with Crippen molar-refractivity contribution in [2.75, 3.05) is 4.72 Å². The molecule has 24 heavy (non-hydrogen) atoms. The molecule has 0 atom stereocenters. The van der Waals surface area contributed by atoms with Crippen LogP contribution in [0.25, 0.3) is 21.9 Å². The Balaban J connectivity index is 1.72. The Morgan fingerprint density at radius 2 is 1.75 bits per heavy atom. The van der Waals surface area contributed by atoms with Crippen LogP contribution in [0.15, 0.2) is 70.0 Å². The molecular formula is C17H11ClN2O3S. The number of halogens is 1. The molecule has 4 rings (SSSR count). The van der Waals surface area contributed by atoms with Crippen molar-refractivity contribution < 1.29 is 12.8 Å². The molecule has 7 heteroatoms. The summed E-state index contributed by atoms with van der Waals surface area (Å²) < 4.78 is 32.9. The minimum Gasteiger partial charge on any atom is -0.423 e. The molecule has 3 aromatic carbocycles. The summed E-state index contributed by atoms with van der Waals surface area (Å²) in [7, 11) is -3.80. The first kappa shape index (κ1) is 15.0. The van der Waals surface area contributed by atoms with Gasteiger partial charge in [-0.05, 0) is 41.1 Å². The van der Waals surface area contributed by atoms with Crippen molar-refractivity contribution in [2.24, 2.45) is 0 Å². The van der Waals surface area contributed by atoms with Gasteiger partial charge in [0.2, 0.25) is 0 Å². The van der Waals surface area contributed by atoms with E-state index >= 15 is 0 Å². The van der Waals surface area contributed by atoms with E-state index in [-0.39, 0.29) is 10.9 Å². The van der Waals surface area contributed by atoms with Gasteiger partial charge >= 0.3 is 6.01 Å². The lowest BCUT2D eigenvalue weighted by Gasteiger charge is -2.05. The van der Waals surface area contributed by atoms with Gasteiger partial charge in [0.25, 0.3) is 10.0 Å². The first-order valence-corrected chi connectivity index (χ1v) is 8.95. The predicted octanol–water partition coefficient (Wildman–Crippen LogP) is 4.44. The normalized spacial score (nSPS) is 11.9. The number of hydrogen-bond donors (Lipinski definition) is 1. The van der Waals surface area contributed by atoms with Crippen LogP contribution in [0, 0.1) is 0 Å². The van der Waals surface area contributed by atoms with E-state index in [0.29, 0.717) is 16.1 Å². The van der Waals surface area contributed by atoms with Crippen LogP contribution in [-0.2, 0) is 10.0 Å². The lowest BCUT2D eigenvalue weighted by Crippen LogP contribution is -2.13. The molecule has 0 aliphatic carbocycles. The molecular weight excluding hydrogens is 348 g/mol. The highest BCUT2D eigenvalue weighted by Gasteiger charge is 2.18. The molecule has 1 N–H and O–H groups in total. The standard InChI is InChI=1S/C17H11ClN2O3S/c18-13-6-8-16-15(10-13)19-17(23-16)20-24(21,22)14-7-5-11-3-1-2-4-12(11)9-14/h1-10H,(H,19,20). The topological polar surface area (TPSA) is 72.2 Å². The summed E-state index contributed by atoms with van der Waals surface area (Å²) in [6.45, 7) is 0. The highest BCUT2D eigenvalue weighted by atomic mass is 35.5. The molecule has 1 aromatic heterocycles. The second-order valence-corrected chi connectivity index (χ2v) is 7.36. The maximum atomic E-state index is 12.6. The van der Waals surface area contributed by atoms with Crippen LogP contribution in [0.4, 0.5) is 6.01 Å².